The summed E-state index contributed by atoms with van der Waals surface area (Å²) < 4.78 is 0. The van der Waals surface area contributed by atoms with Crippen LogP contribution < -0.4 is 0 Å². The fourth-order valence-corrected chi connectivity index (χ4v) is 5.31. The predicted octanol–water partition coefficient (Wildman–Crippen LogP) is 9.13. The zero-order valence-corrected chi connectivity index (χ0v) is 30.2. The minimum atomic E-state index is -0.179. The third-order valence-corrected chi connectivity index (χ3v) is 8.13. The van der Waals surface area contributed by atoms with Gasteiger partial charge in [0.2, 0.25) is 0 Å². The van der Waals surface area contributed by atoms with Gasteiger partial charge >= 0.3 is 0 Å². The first kappa shape index (κ1) is 35.5. The summed E-state index contributed by atoms with van der Waals surface area (Å²) in [5.41, 5.74) is 5.39. The number of aliphatic imine (C=N–C) groups is 2. The van der Waals surface area contributed by atoms with Gasteiger partial charge in [-0.15, -0.1) is 0 Å². The number of benzene rings is 2. The second-order valence-electron chi connectivity index (χ2n) is 15.9. The van der Waals surface area contributed by atoms with Crippen LogP contribution >= 0.6 is 0 Å². The first-order valence-electron chi connectivity index (χ1n) is 15.0. The molecule has 2 atom stereocenters. The second kappa shape index (κ2) is 12.9. The van der Waals surface area contributed by atoms with E-state index in [9.17, 15) is 10.2 Å². The summed E-state index contributed by atoms with van der Waals surface area (Å²) in [6, 6.07) is 8.53. The van der Waals surface area contributed by atoms with Crippen molar-refractivity contribution in [3.8, 4) is 11.5 Å². The maximum Gasteiger partial charge on any atom is 0.128 e. The topological polar surface area (TPSA) is 65.2 Å². The number of phenolic OH excluding ortho intramolecular Hbond substituents is 2. The number of phenols is 2. The van der Waals surface area contributed by atoms with Crippen LogP contribution in [0.15, 0.2) is 34.3 Å². The molecule has 5 heteroatoms. The maximum absolute atomic E-state index is 11.2. The first-order chi connectivity index (χ1) is 18.2. The third kappa shape index (κ3) is 8.88. The Morgan fingerprint density at radius 2 is 0.878 bits per heavy atom. The average molecular weight is 638 g/mol. The molecule has 0 aromatic heterocycles. The number of rotatable bonds is 4. The van der Waals surface area contributed by atoms with E-state index in [0.29, 0.717) is 11.5 Å². The molecule has 1 aliphatic carbocycles. The molecule has 0 heterocycles. The van der Waals surface area contributed by atoms with Crippen molar-refractivity contribution in [2.75, 3.05) is 0 Å². The molecule has 0 saturated heterocycles. The Morgan fingerprint density at radius 1 is 0.561 bits per heavy atom. The maximum atomic E-state index is 11.2. The normalized spacial score (nSPS) is 19.1. The van der Waals surface area contributed by atoms with Crippen molar-refractivity contribution in [1.82, 2.24) is 0 Å². The van der Waals surface area contributed by atoms with Crippen molar-refractivity contribution < 1.29 is 36.4 Å². The molecule has 0 radical (unpaired) electrons. The summed E-state index contributed by atoms with van der Waals surface area (Å²) in [4.78, 5) is 10.1. The van der Waals surface area contributed by atoms with E-state index in [4.69, 9.17) is 9.98 Å². The van der Waals surface area contributed by atoms with Gasteiger partial charge in [0.25, 0.3) is 0 Å². The molecule has 0 bridgehead atoms. The average Bonchev–Trinajstić information content (AvgIpc) is 2.80. The molecular formula is C36H54N2O2Zr. The SMILES string of the molecule is CC(C)(C)c1cc(C=N[C@H]2CCCC[C@@H]2N=Cc2cc(C(C)(C)C)cc(C(C)(C)C)c2O)c(O)c(C(C)(C)C)c1.[Zr]. The Kier molecular flexibility index (Phi) is 11.1. The summed E-state index contributed by atoms with van der Waals surface area (Å²) in [5.74, 6) is 0.637. The van der Waals surface area contributed by atoms with Gasteiger partial charge in [-0.05, 0) is 57.8 Å². The Bertz CT molecular complexity index is 1170. The quantitative estimate of drug-likeness (QED) is 0.329. The molecular weight excluding hydrogens is 584 g/mol. The van der Waals surface area contributed by atoms with Crippen LogP contribution in [0, 0.1) is 0 Å². The van der Waals surface area contributed by atoms with E-state index in [1.54, 1.807) is 0 Å². The van der Waals surface area contributed by atoms with Gasteiger partial charge in [0.15, 0.2) is 0 Å². The van der Waals surface area contributed by atoms with Crippen LogP contribution in [-0.4, -0.2) is 34.7 Å². The minimum absolute atomic E-state index is 0. The molecule has 41 heavy (non-hydrogen) atoms. The minimum Gasteiger partial charge on any atom is -0.507 e. The predicted molar refractivity (Wildman–Crippen MR) is 172 cm³/mol. The van der Waals surface area contributed by atoms with Crippen LogP contribution in [0.1, 0.15) is 142 Å². The van der Waals surface area contributed by atoms with Crippen molar-refractivity contribution in [1.29, 1.82) is 0 Å². The number of hydrogen-bond donors (Lipinski definition) is 2. The molecule has 2 N–H and O–H groups in total. The second-order valence-corrected chi connectivity index (χ2v) is 15.9. The van der Waals surface area contributed by atoms with Crippen molar-refractivity contribution >= 4 is 12.4 Å². The fraction of sp³-hybridized carbons (Fsp3) is 0.611. The van der Waals surface area contributed by atoms with Crippen molar-refractivity contribution in [2.45, 2.75) is 143 Å². The van der Waals surface area contributed by atoms with Crippen LogP contribution in [0.3, 0.4) is 0 Å². The monoisotopic (exact) mass is 636 g/mol. The van der Waals surface area contributed by atoms with Gasteiger partial charge in [-0.25, -0.2) is 0 Å². The van der Waals surface area contributed by atoms with Gasteiger partial charge in [-0.2, -0.15) is 0 Å². The third-order valence-electron chi connectivity index (χ3n) is 8.13. The smallest absolute Gasteiger partial charge is 0.128 e. The van der Waals surface area contributed by atoms with Crippen LogP contribution in [-0.2, 0) is 47.9 Å². The van der Waals surface area contributed by atoms with E-state index in [1.807, 2.05) is 12.4 Å². The van der Waals surface area contributed by atoms with Gasteiger partial charge in [-0.3, -0.25) is 9.98 Å². The molecule has 1 saturated carbocycles. The summed E-state index contributed by atoms with van der Waals surface area (Å²) in [6.07, 6.45) is 7.90. The van der Waals surface area contributed by atoms with Crippen molar-refractivity contribution in [2.24, 2.45) is 9.98 Å². The molecule has 0 spiro atoms. The van der Waals surface area contributed by atoms with Gasteiger partial charge in [-0.1, -0.05) is 108 Å². The molecule has 4 nitrogen and oxygen atoms in total. The molecule has 3 rings (SSSR count). The van der Waals surface area contributed by atoms with Gasteiger partial charge in [0, 0.05) is 60.9 Å². The standard InChI is InChI=1S/C36H54N2O2.Zr/c1-33(2,3)25-17-23(31(39)27(19-25)35(7,8)9)21-37-29-15-13-14-16-30(29)38-22-24-18-26(34(4,5)6)20-28(32(24)40)36(10,11)12;/h17-22,29-30,39-40H,13-16H2,1-12H3;/t29-,30-;/m0./s1. The van der Waals surface area contributed by atoms with Gasteiger partial charge in [0.05, 0.1) is 12.1 Å². The Hall–Kier alpha value is -1.74. The largest absolute Gasteiger partial charge is 0.507 e. The zero-order chi connectivity index (χ0) is 30.3. The number of nitrogens with zero attached hydrogens (tertiary/aromatic N) is 2. The molecule has 0 aliphatic heterocycles. The van der Waals surface area contributed by atoms with E-state index in [0.717, 1.165) is 47.9 Å². The van der Waals surface area contributed by atoms with E-state index >= 15 is 0 Å². The molecule has 2 aromatic rings. The van der Waals surface area contributed by atoms with Crippen molar-refractivity contribution in [3.63, 3.8) is 0 Å². The molecule has 1 fully saturated rings. The van der Waals surface area contributed by atoms with E-state index in [1.165, 1.54) is 11.1 Å². The number of hydrogen-bond acceptors (Lipinski definition) is 4. The Balaban J connectivity index is 0.00000588. The van der Waals surface area contributed by atoms with Gasteiger partial charge in [0.1, 0.15) is 11.5 Å². The van der Waals surface area contributed by atoms with E-state index in [2.05, 4.69) is 107 Å². The Morgan fingerprint density at radius 3 is 1.15 bits per heavy atom. The zero-order valence-electron chi connectivity index (χ0n) is 27.7. The molecule has 0 unspecified atom stereocenters. The van der Waals surface area contributed by atoms with E-state index in [-0.39, 0.29) is 59.9 Å². The van der Waals surface area contributed by atoms with Crippen LogP contribution in [0.2, 0.25) is 0 Å². The summed E-state index contributed by atoms with van der Waals surface area (Å²) in [6.45, 7) is 26.0. The molecule has 224 valence electrons. The summed E-state index contributed by atoms with van der Waals surface area (Å²) >= 11 is 0. The van der Waals surface area contributed by atoms with Crippen LogP contribution in [0.5, 0.6) is 11.5 Å². The summed E-state index contributed by atoms with van der Waals surface area (Å²) in [5, 5.41) is 22.5. The summed E-state index contributed by atoms with van der Waals surface area (Å²) in [7, 11) is 0. The van der Waals surface area contributed by atoms with E-state index < -0.39 is 0 Å². The first-order valence-corrected chi connectivity index (χ1v) is 15.0. The van der Waals surface area contributed by atoms with Crippen LogP contribution in [0.4, 0.5) is 0 Å². The molecule has 2 aromatic carbocycles. The van der Waals surface area contributed by atoms with Crippen molar-refractivity contribution in [3.05, 3.63) is 57.6 Å². The van der Waals surface area contributed by atoms with Crippen LogP contribution in [0.25, 0.3) is 0 Å². The fourth-order valence-electron chi connectivity index (χ4n) is 5.31. The van der Waals surface area contributed by atoms with Gasteiger partial charge < -0.3 is 10.2 Å². The molecule has 1 aliphatic rings. The molecule has 0 amide bonds. The Labute approximate surface area is 269 Å². The number of aromatic hydroxyl groups is 2.